The van der Waals surface area contributed by atoms with Gasteiger partial charge in [-0.25, -0.2) is 0 Å². The summed E-state index contributed by atoms with van der Waals surface area (Å²) in [4.78, 5) is 11.2. The first-order valence-electron chi connectivity index (χ1n) is 7.85. The standard InChI is InChI=1S/C19H22ClNO3/c1-13(15-6-4-3-5-7-15)21-18(12-24-14(2)22)19(23)16-8-10-17(20)11-9-16/h3-11,13,18-19,21,23H,12H2,1-2H3/t13-,18-,19-/m0/s1. The zero-order valence-corrected chi connectivity index (χ0v) is 14.5. The van der Waals surface area contributed by atoms with Gasteiger partial charge in [0.2, 0.25) is 0 Å². The molecule has 24 heavy (non-hydrogen) atoms. The van der Waals surface area contributed by atoms with Crippen molar-refractivity contribution in [3.63, 3.8) is 0 Å². The van der Waals surface area contributed by atoms with Crippen LogP contribution in [0.1, 0.15) is 37.1 Å². The van der Waals surface area contributed by atoms with Gasteiger partial charge in [0.1, 0.15) is 6.61 Å². The molecule has 0 heterocycles. The van der Waals surface area contributed by atoms with Crippen LogP contribution in [0.15, 0.2) is 54.6 Å². The molecule has 2 N–H and O–H groups in total. The van der Waals surface area contributed by atoms with Crippen molar-refractivity contribution in [2.24, 2.45) is 0 Å². The molecule has 0 saturated heterocycles. The number of carbonyl (C=O) groups is 1. The maximum Gasteiger partial charge on any atom is 0.302 e. The van der Waals surface area contributed by atoms with Crippen LogP contribution in [-0.2, 0) is 9.53 Å². The number of carbonyl (C=O) groups excluding carboxylic acids is 1. The summed E-state index contributed by atoms with van der Waals surface area (Å²) >= 11 is 5.90. The molecule has 0 aromatic heterocycles. The third-order valence-corrected chi connectivity index (χ3v) is 4.07. The molecule has 2 aromatic carbocycles. The van der Waals surface area contributed by atoms with Gasteiger partial charge in [0, 0.05) is 18.0 Å². The van der Waals surface area contributed by atoms with Crippen LogP contribution in [-0.4, -0.2) is 23.7 Å². The molecule has 0 spiro atoms. The number of esters is 1. The van der Waals surface area contributed by atoms with E-state index in [0.717, 1.165) is 5.56 Å². The lowest BCUT2D eigenvalue weighted by molar-refractivity contribution is -0.142. The number of hydrogen-bond donors (Lipinski definition) is 2. The first-order chi connectivity index (χ1) is 11.5. The third kappa shape index (κ3) is 5.34. The van der Waals surface area contributed by atoms with Gasteiger partial charge in [-0.15, -0.1) is 0 Å². The summed E-state index contributed by atoms with van der Waals surface area (Å²) < 4.78 is 5.12. The second kappa shape index (κ2) is 8.83. The third-order valence-electron chi connectivity index (χ3n) is 3.82. The van der Waals surface area contributed by atoms with Crippen molar-refractivity contribution in [1.29, 1.82) is 0 Å². The molecule has 2 rings (SSSR count). The van der Waals surface area contributed by atoms with E-state index in [1.807, 2.05) is 37.3 Å². The number of rotatable bonds is 7. The lowest BCUT2D eigenvalue weighted by atomic mass is 10.0. The highest BCUT2D eigenvalue weighted by molar-refractivity contribution is 6.30. The van der Waals surface area contributed by atoms with Gasteiger partial charge in [-0.1, -0.05) is 54.1 Å². The van der Waals surface area contributed by atoms with Gasteiger partial charge in [-0.3, -0.25) is 4.79 Å². The van der Waals surface area contributed by atoms with E-state index in [1.54, 1.807) is 24.3 Å². The van der Waals surface area contributed by atoms with Crippen LogP contribution < -0.4 is 5.32 Å². The molecule has 0 aliphatic rings. The number of hydrogen-bond acceptors (Lipinski definition) is 4. The first kappa shape index (κ1) is 18.5. The Hall–Kier alpha value is -1.88. The van der Waals surface area contributed by atoms with Crippen molar-refractivity contribution in [3.05, 3.63) is 70.7 Å². The Labute approximate surface area is 147 Å². The quantitative estimate of drug-likeness (QED) is 0.750. The molecular weight excluding hydrogens is 326 g/mol. The van der Waals surface area contributed by atoms with Crippen LogP contribution in [0.5, 0.6) is 0 Å². The summed E-state index contributed by atoms with van der Waals surface area (Å²) in [6.07, 6.45) is -0.826. The first-order valence-corrected chi connectivity index (χ1v) is 8.23. The lowest BCUT2D eigenvalue weighted by Gasteiger charge is -2.27. The van der Waals surface area contributed by atoms with E-state index in [-0.39, 0.29) is 18.6 Å². The van der Waals surface area contributed by atoms with E-state index >= 15 is 0 Å². The van der Waals surface area contributed by atoms with Gasteiger partial charge < -0.3 is 15.2 Å². The van der Waals surface area contributed by atoms with Crippen LogP contribution in [0.2, 0.25) is 5.02 Å². The molecular formula is C19H22ClNO3. The van der Waals surface area contributed by atoms with E-state index in [4.69, 9.17) is 16.3 Å². The fraction of sp³-hybridized carbons (Fsp3) is 0.316. The van der Waals surface area contributed by atoms with Crippen molar-refractivity contribution in [3.8, 4) is 0 Å². The van der Waals surface area contributed by atoms with Crippen LogP contribution in [0.25, 0.3) is 0 Å². The van der Waals surface area contributed by atoms with Crippen molar-refractivity contribution in [1.82, 2.24) is 5.32 Å². The summed E-state index contributed by atoms with van der Waals surface area (Å²) in [5.74, 6) is -0.377. The van der Waals surface area contributed by atoms with Crippen LogP contribution in [0.3, 0.4) is 0 Å². The van der Waals surface area contributed by atoms with E-state index in [0.29, 0.717) is 10.6 Å². The largest absolute Gasteiger partial charge is 0.464 e. The minimum atomic E-state index is -0.826. The summed E-state index contributed by atoms with van der Waals surface area (Å²) in [7, 11) is 0. The SMILES string of the molecule is CC(=O)OC[C@H](N[C@@H](C)c1ccccc1)[C@@H](O)c1ccc(Cl)cc1. The average molecular weight is 348 g/mol. The number of aliphatic hydroxyl groups is 1. The Morgan fingerprint density at radius 3 is 2.33 bits per heavy atom. The van der Waals surface area contributed by atoms with E-state index in [1.165, 1.54) is 6.92 Å². The predicted octanol–water partition coefficient (Wildman–Crippen LogP) is 3.66. The molecule has 5 heteroatoms. The minimum Gasteiger partial charge on any atom is -0.464 e. The average Bonchev–Trinajstić information content (AvgIpc) is 2.59. The molecule has 3 atom stereocenters. The summed E-state index contributed by atoms with van der Waals surface area (Å²) in [6, 6.07) is 16.4. The minimum absolute atomic E-state index is 0.00583. The molecule has 0 amide bonds. The second-order valence-corrected chi connectivity index (χ2v) is 6.14. The molecule has 4 nitrogen and oxygen atoms in total. The molecule has 0 aliphatic heterocycles. The lowest BCUT2D eigenvalue weighted by Crippen LogP contribution is -2.40. The number of benzene rings is 2. The Morgan fingerprint density at radius 2 is 1.75 bits per heavy atom. The number of aliphatic hydroxyl groups excluding tert-OH is 1. The molecule has 0 aliphatic carbocycles. The normalized spacial score (nSPS) is 14.7. The number of halogens is 1. The fourth-order valence-corrected chi connectivity index (χ4v) is 2.61. The summed E-state index contributed by atoms with van der Waals surface area (Å²) in [5.41, 5.74) is 1.80. The predicted molar refractivity (Wildman–Crippen MR) is 94.8 cm³/mol. The van der Waals surface area contributed by atoms with Crippen LogP contribution in [0, 0.1) is 0 Å². The van der Waals surface area contributed by atoms with E-state index < -0.39 is 12.1 Å². The Balaban J connectivity index is 2.14. The Kier molecular flexibility index (Phi) is 6.79. The number of ether oxygens (including phenoxy) is 1. The van der Waals surface area contributed by atoms with E-state index in [2.05, 4.69) is 5.32 Å². The summed E-state index contributed by atoms with van der Waals surface area (Å²) in [5, 5.41) is 14.6. The molecule has 2 aromatic rings. The van der Waals surface area contributed by atoms with Crippen molar-refractivity contribution in [2.45, 2.75) is 32.0 Å². The van der Waals surface area contributed by atoms with E-state index in [9.17, 15) is 9.90 Å². The topological polar surface area (TPSA) is 58.6 Å². The summed E-state index contributed by atoms with van der Waals surface area (Å²) in [6.45, 7) is 3.44. The molecule has 0 saturated carbocycles. The van der Waals surface area contributed by atoms with Crippen molar-refractivity contribution >= 4 is 17.6 Å². The second-order valence-electron chi connectivity index (χ2n) is 5.70. The van der Waals surface area contributed by atoms with Gasteiger partial charge in [0.25, 0.3) is 0 Å². The van der Waals surface area contributed by atoms with Crippen molar-refractivity contribution < 1.29 is 14.6 Å². The number of nitrogens with one attached hydrogen (secondary N) is 1. The highest BCUT2D eigenvalue weighted by Crippen LogP contribution is 2.22. The van der Waals surface area contributed by atoms with Gasteiger partial charge in [0.05, 0.1) is 12.1 Å². The molecule has 128 valence electrons. The van der Waals surface area contributed by atoms with Crippen LogP contribution in [0.4, 0.5) is 0 Å². The molecule has 0 fully saturated rings. The van der Waals surface area contributed by atoms with Crippen LogP contribution >= 0.6 is 11.6 Å². The van der Waals surface area contributed by atoms with Gasteiger partial charge in [-0.05, 0) is 30.2 Å². The molecule has 0 unspecified atom stereocenters. The molecule has 0 bridgehead atoms. The zero-order valence-electron chi connectivity index (χ0n) is 13.8. The fourth-order valence-electron chi connectivity index (χ4n) is 2.49. The Bertz CT molecular complexity index is 645. The maximum absolute atomic E-state index is 11.2. The zero-order chi connectivity index (χ0) is 17.5. The monoisotopic (exact) mass is 347 g/mol. The highest BCUT2D eigenvalue weighted by atomic mass is 35.5. The molecule has 0 radical (unpaired) electrons. The van der Waals surface area contributed by atoms with Gasteiger partial charge in [-0.2, -0.15) is 0 Å². The maximum atomic E-state index is 11.2. The van der Waals surface area contributed by atoms with Gasteiger partial charge >= 0.3 is 5.97 Å². The van der Waals surface area contributed by atoms with Gasteiger partial charge in [0.15, 0.2) is 0 Å². The highest BCUT2D eigenvalue weighted by Gasteiger charge is 2.24. The smallest absolute Gasteiger partial charge is 0.302 e. The Morgan fingerprint density at radius 1 is 1.12 bits per heavy atom. The van der Waals surface area contributed by atoms with Crippen molar-refractivity contribution in [2.75, 3.05) is 6.61 Å².